The highest BCUT2D eigenvalue weighted by atomic mass is 35.5. The minimum Gasteiger partial charge on any atom is -0.495 e. The van der Waals surface area contributed by atoms with Crippen LogP contribution in [-0.4, -0.2) is 27.8 Å². The van der Waals surface area contributed by atoms with Crippen LogP contribution in [0.2, 0.25) is 5.02 Å². The van der Waals surface area contributed by atoms with Crippen molar-refractivity contribution in [2.75, 3.05) is 12.4 Å². The van der Waals surface area contributed by atoms with Gasteiger partial charge in [-0.25, -0.2) is 9.48 Å². The van der Waals surface area contributed by atoms with Crippen molar-refractivity contribution in [2.24, 2.45) is 0 Å². The van der Waals surface area contributed by atoms with Crippen molar-refractivity contribution in [3.05, 3.63) is 70.2 Å². The Labute approximate surface area is 160 Å². The first kappa shape index (κ1) is 18.6. The molecule has 1 aromatic heterocycles. The number of hydrogen-bond donors (Lipinski definition) is 1. The molecule has 7 nitrogen and oxygen atoms in total. The molecule has 0 spiro atoms. The number of halogens is 1. The summed E-state index contributed by atoms with van der Waals surface area (Å²) < 4.78 is 6.23. The lowest BCUT2D eigenvalue weighted by Crippen LogP contribution is -2.34. The van der Waals surface area contributed by atoms with Gasteiger partial charge < -0.3 is 10.1 Å². The number of ether oxygens (including phenoxy) is 1. The number of hydrogen-bond acceptors (Lipinski definition) is 5. The highest BCUT2D eigenvalue weighted by Crippen LogP contribution is 2.28. The fourth-order valence-corrected chi connectivity index (χ4v) is 2.66. The summed E-state index contributed by atoms with van der Waals surface area (Å²) in [5, 5.41) is 7.25. The van der Waals surface area contributed by atoms with Gasteiger partial charge in [-0.15, -0.1) is 0 Å². The number of aromatic nitrogens is 3. The van der Waals surface area contributed by atoms with Crippen molar-refractivity contribution >= 4 is 23.2 Å². The molecule has 0 saturated carbocycles. The summed E-state index contributed by atoms with van der Waals surface area (Å²) in [5.41, 5.74) is 1.01. The SMILES string of the molecule is COc1ccc(Cl)cc1NC(=O)[C@H](C)n1ncc(-c2ccccc2)nc1=O. The first-order valence-electron chi connectivity index (χ1n) is 8.15. The molecule has 27 heavy (non-hydrogen) atoms. The summed E-state index contributed by atoms with van der Waals surface area (Å²) in [5.74, 6) is 0.0113. The highest BCUT2D eigenvalue weighted by molar-refractivity contribution is 6.31. The summed E-state index contributed by atoms with van der Waals surface area (Å²) in [7, 11) is 1.49. The molecule has 1 heterocycles. The predicted molar refractivity (Wildman–Crippen MR) is 103 cm³/mol. The normalized spacial score (nSPS) is 11.7. The Kier molecular flexibility index (Phi) is 5.52. The number of anilines is 1. The molecule has 3 rings (SSSR count). The van der Waals surface area contributed by atoms with Crippen molar-refractivity contribution in [1.82, 2.24) is 14.8 Å². The first-order valence-corrected chi connectivity index (χ1v) is 8.53. The van der Waals surface area contributed by atoms with Gasteiger partial charge >= 0.3 is 5.69 Å². The third-order valence-electron chi connectivity index (χ3n) is 3.95. The Bertz CT molecular complexity index is 1020. The minimum atomic E-state index is -0.876. The zero-order valence-corrected chi connectivity index (χ0v) is 15.5. The van der Waals surface area contributed by atoms with Crippen LogP contribution < -0.4 is 15.7 Å². The first-order chi connectivity index (χ1) is 13.0. The van der Waals surface area contributed by atoms with Gasteiger partial charge in [0.1, 0.15) is 11.8 Å². The zero-order chi connectivity index (χ0) is 19.4. The van der Waals surface area contributed by atoms with Crippen LogP contribution >= 0.6 is 11.6 Å². The molecule has 0 unspecified atom stereocenters. The minimum absolute atomic E-state index is 0.406. The maximum Gasteiger partial charge on any atom is 0.365 e. The molecular weight excluding hydrogens is 368 g/mol. The molecule has 0 bridgehead atoms. The van der Waals surface area contributed by atoms with E-state index in [-0.39, 0.29) is 0 Å². The Morgan fingerprint density at radius 2 is 1.96 bits per heavy atom. The zero-order valence-electron chi connectivity index (χ0n) is 14.7. The second-order valence-corrected chi connectivity index (χ2v) is 6.18. The van der Waals surface area contributed by atoms with E-state index in [9.17, 15) is 9.59 Å². The largest absolute Gasteiger partial charge is 0.495 e. The molecular formula is C19H17ClN4O3. The number of nitrogens with zero attached hydrogens (tertiary/aromatic N) is 3. The summed E-state index contributed by atoms with van der Waals surface area (Å²) in [6.45, 7) is 1.56. The second-order valence-electron chi connectivity index (χ2n) is 5.74. The Morgan fingerprint density at radius 3 is 2.63 bits per heavy atom. The quantitative estimate of drug-likeness (QED) is 0.730. The molecule has 138 valence electrons. The van der Waals surface area contributed by atoms with Crippen molar-refractivity contribution in [1.29, 1.82) is 0 Å². The summed E-state index contributed by atoms with van der Waals surface area (Å²) in [6.07, 6.45) is 1.46. The second kappa shape index (κ2) is 8.01. The van der Waals surface area contributed by atoms with E-state index in [1.54, 1.807) is 25.1 Å². The summed E-state index contributed by atoms with van der Waals surface area (Å²) in [6, 6.07) is 13.2. The maximum absolute atomic E-state index is 12.6. The lowest BCUT2D eigenvalue weighted by atomic mass is 10.2. The fraction of sp³-hybridized carbons (Fsp3) is 0.158. The van der Waals surface area contributed by atoms with E-state index in [0.717, 1.165) is 10.2 Å². The van der Waals surface area contributed by atoms with Crippen molar-refractivity contribution < 1.29 is 9.53 Å². The molecule has 3 aromatic rings. The van der Waals surface area contributed by atoms with Gasteiger partial charge in [-0.1, -0.05) is 41.9 Å². The van der Waals surface area contributed by atoms with Crippen molar-refractivity contribution in [3.8, 4) is 17.0 Å². The van der Waals surface area contributed by atoms with Crippen LogP contribution in [-0.2, 0) is 4.79 Å². The number of amides is 1. The summed E-state index contributed by atoms with van der Waals surface area (Å²) in [4.78, 5) is 28.9. The van der Waals surface area contributed by atoms with Crippen LogP contribution in [0.15, 0.2) is 59.5 Å². The van der Waals surface area contributed by atoms with Gasteiger partial charge in [-0.3, -0.25) is 4.79 Å². The van der Waals surface area contributed by atoms with E-state index in [4.69, 9.17) is 16.3 Å². The molecule has 0 aliphatic carbocycles. The predicted octanol–water partition coefficient (Wildman–Crippen LogP) is 3.17. The Morgan fingerprint density at radius 1 is 1.22 bits per heavy atom. The highest BCUT2D eigenvalue weighted by Gasteiger charge is 2.20. The topological polar surface area (TPSA) is 86.1 Å². The standard InChI is InChI=1S/C19H17ClN4O3/c1-12(18(25)22-15-10-14(20)8-9-17(15)27-2)24-19(26)23-16(11-21-24)13-6-4-3-5-7-13/h3-12H,1-2H3,(H,22,25)/t12-/m0/s1. The molecule has 0 saturated heterocycles. The average molecular weight is 385 g/mol. The third kappa shape index (κ3) is 4.15. The molecule has 1 N–H and O–H groups in total. The number of nitrogens with one attached hydrogen (secondary N) is 1. The molecule has 0 fully saturated rings. The van der Waals surface area contributed by atoms with E-state index in [2.05, 4.69) is 15.4 Å². The van der Waals surface area contributed by atoms with Gasteiger partial charge in [0.15, 0.2) is 0 Å². The number of rotatable bonds is 5. The van der Waals surface area contributed by atoms with Gasteiger partial charge in [0, 0.05) is 10.6 Å². The average Bonchev–Trinajstić information content (AvgIpc) is 2.68. The van der Waals surface area contributed by atoms with Crippen molar-refractivity contribution in [2.45, 2.75) is 13.0 Å². The van der Waals surface area contributed by atoms with Gasteiger partial charge in [-0.2, -0.15) is 10.1 Å². The van der Waals surface area contributed by atoms with Crippen LogP contribution in [0.3, 0.4) is 0 Å². The van der Waals surface area contributed by atoms with E-state index < -0.39 is 17.6 Å². The number of carbonyl (C=O) groups excluding carboxylic acids is 1. The lowest BCUT2D eigenvalue weighted by molar-refractivity contribution is -0.119. The number of benzene rings is 2. The van der Waals surface area contributed by atoms with Crippen molar-refractivity contribution in [3.63, 3.8) is 0 Å². The molecule has 8 heteroatoms. The van der Waals surface area contributed by atoms with E-state index in [1.165, 1.54) is 13.3 Å². The Balaban J connectivity index is 1.83. The fourth-order valence-electron chi connectivity index (χ4n) is 2.49. The molecule has 2 aromatic carbocycles. The molecule has 0 radical (unpaired) electrons. The van der Waals surface area contributed by atoms with E-state index >= 15 is 0 Å². The third-order valence-corrected chi connectivity index (χ3v) is 4.19. The van der Waals surface area contributed by atoms with E-state index in [1.807, 2.05) is 30.3 Å². The monoisotopic (exact) mass is 384 g/mol. The summed E-state index contributed by atoms with van der Waals surface area (Å²) >= 11 is 5.97. The van der Waals surface area contributed by atoms with Crippen LogP contribution in [0.5, 0.6) is 5.75 Å². The smallest absolute Gasteiger partial charge is 0.365 e. The number of methoxy groups -OCH3 is 1. The van der Waals surface area contributed by atoms with Crippen LogP contribution in [0, 0.1) is 0 Å². The molecule has 1 atom stereocenters. The van der Waals surface area contributed by atoms with E-state index in [0.29, 0.717) is 22.2 Å². The molecule has 0 aliphatic heterocycles. The van der Waals surface area contributed by atoms with Crippen LogP contribution in [0.1, 0.15) is 13.0 Å². The van der Waals surface area contributed by atoms with Gasteiger partial charge in [0.2, 0.25) is 5.91 Å². The van der Waals surface area contributed by atoms with Crippen LogP contribution in [0.25, 0.3) is 11.3 Å². The van der Waals surface area contributed by atoms with Gasteiger partial charge in [-0.05, 0) is 25.1 Å². The maximum atomic E-state index is 12.6. The van der Waals surface area contributed by atoms with Gasteiger partial charge in [0.25, 0.3) is 0 Å². The van der Waals surface area contributed by atoms with Crippen LogP contribution in [0.4, 0.5) is 5.69 Å². The number of carbonyl (C=O) groups is 1. The lowest BCUT2D eigenvalue weighted by Gasteiger charge is -2.15. The molecule has 1 amide bonds. The van der Waals surface area contributed by atoms with Gasteiger partial charge in [0.05, 0.1) is 24.7 Å². The Hall–Kier alpha value is -3.19. The molecule has 0 aliphatic rings.